The number of hydrogen-bond acceptors (Lipinski definition) is 3. The Morgan fingerprint density at radius 1 is 1.12 bits per heavy atom. The summed E-state index contributed by atoms with van der Waals surface area (Å²) < 4.78 is 5.58. The lowest BCUT2D eigenvalue weighted by Gasteiger charge is -2.21. The van der Waals surface area contributed by atoms with Gasteiger partial charge >= 0.3 is 0 Å². The van der Waals surface area contributed by atoms with Crippen molar-refractivity contribution in [3.63, 3.8) is 0 Å². The lowest BCUT2D eigenvalue weighted by atomic mass is 10.2. The van der Waals surface area contributed by atoms with Crippen LogP contribution >= 0.6 is 11.6 Å². The molecule has 132 valence electrons. The quantitative estimate of drug-likeness (QED) is 0.857. The average molecular weight is 361 g/mol. The molecule has 5 nitrogen and oxygen atoms in total. The second-order valence-corrected chi connectivity index (χ2v) is 6.26. The van der Waals surface area contributed by atoms with Crippen LogP contribution in [0.25, 0.3) is 0 Å². The molecule has 0 aliphatic heterocycles. The molecule has 2 rings (SSSR count). The smallest absolute Gasteiger partial charge is 0.263 e. The molecule has 0 unspecified atom stereocenters. The molecule has 0 fully saturated rings. The highest BCUT2D eigenvalue weighted by Gasteiger charge is 2.21. The van der Waals surface area contributed by atoms with Gasteiger partial charge in [-0.2, -0.15) is 0 Å². The summed E-state index contributed by atoms with van der Waals surface area (Å²) in [6.07, 6.45) is -0.710. The minimum atomic E-state index is -0.710. The van der Waals surface area contributed by atoms with Crippen molar-refractivity contribution in [2.24, 2.45) is 0 Å². The molecule has 0 aliphatic carbocycles. The lowest BCUT2D eigenvalue weighted by Crippen LogP contribution is -2.41. The van der Waals surface area contributed by atoms with Gasteiger partial charge in [-0.3, -0.25) is 9.59 Å². The molecule has 6 heteroatoms. The Labute approximate surface area is 152 Å². The SMILES string of the molecule is Cc1ccc(NC(=O)CN(C)C(=O)[C@@H](C)Oc2ccc(Cl)cc2)cc1. The monoisotopic (exact) mass is 360 g/mol. The van der Waals surface area contributed by atoms with Crippen molar-refractivity contribution in [3.8, 4) is 5.75 Å². The molecule has 0 saturated heterocycles. The first-order valence-electron chi connectivity index (χ1n) is 7.89. The number of ether oxygens (including phenoxy) is 1. The molecule has 1 N–H and O–H groups in total. The highest BCUT2D eigenvalue weighted by molar-refractivity contribution is 6.30. The summed E-state index contributed by atoms with van der Waals surface area (Å²) in [5.41, 5.74) is 1.81. The predicted molar refractivity (Wildman–Crippen MR) is 99.0 cm³/mol. The van der Waals surface area contributed by atoms with Crippen LogP contribution in [0.3, 0.4) is 0 Å². The second-order valence-electron chi connectivity index (χ2n) is 5.82. The van der Waals surface area contributed by atoms with Crippen LogP contribution in [0.15, 0.2) is 48.5 Å². The number of carbonyl (C=O) groups is 2. The Morgan fingerprint density at radius 2 is 1.72 bits per heavy atom. The molecule has 0 bridgehead atoms. The third-order valence-corrected chi connectivity index (χ3v) is 3.82. The van der Waals surface area contributed by atoms with Gasteiger partial charge in [-0.1, -0.05) is 29.3 Å². The fourth-order valence-corrected chi connectivity index (χ4v) is 2.33. The number of nitrogens with zero attached hydrogens (tertiary/aromatic N) is 1. The van der Waals surface area contributed by atoms with Crippen LogP contribution in [0.5, 0.6) is 5.75 Å². The van der Waals surface area contributed by atoms with Gasteiger partial charge in [0.15, 0.2) is 6.10 Å². The number of hydrogen-bond donors (Lipinski definition) is 1. The summed E-state index contributed by atoms with van der Waals surface area (Å²) in [6.45, 7) is 3.56. The standard InChI is InChI=1S/C19H21ClN2O3/c1-13-4-8-16(9-5-13)21-18(23)12-22(3)19(24)14(2)25-17-10-6-15(20)7-11-17/h4-11,14H,12H2,1-3H3,(H,21,23)/t14-/m1/s1. The van der Waals surface area contributed by atoms with Crippen LogP contribution in [-0.2, 0) is 9.59 Å². The summed E-state index contributed by atoms with van der Waals surface area (Å²) in [4.78, 5) is 25.7. The Balaban J connectivity index is 1.86. The van der Waals surface area contributed by atoms with Crippen molar-refractivity contribution in [1.29, 1.82) is 0 Å². The molecular weight excluding hydrogens is 340 g/mol. The van der Waals surface area contributed by atoms with Crippen molar-refractivity contribution in [2.75, 3.05) is 18.9 Å². The molecule has 25 heavy (non-hydrogen) atoms. The third-order valence-electron chi connectivity index (χ3n) is 3.57. The molecular formula is C19H21ClN2O3. The fraction of sp³-hybridized carbons (Fsp3) is 0.263. The topological polar surface area (TPSA) is 58.6 Å². The van der Waals surface area contributed by atoms with Crippen LogP contribution in [0.4, 0.5) is 5.69 Å². The van der Waals surface area contributed by atoms with E-state index in [2.05, 4.69) is 5.32 Å². The van der Waals surface area contributed by atoms with E-state index in [1.807, 2.05) is 31.2 Å². The summed E-state index contributed by atoms with van der Waals surface area (Å²) in [6, 6.07) is 14.2. The van der Waals surface area contributed by atoms with Crippen LogP contribution in [-0.4, -0.2) is 36.4 Å². The van der Waals surface area contributed by atoms with Crippen molar-refractivity contribution in [1.82, 2.24) is 4.90 Å². The molecule has 0 aromatic heterocycles. The van der Waals surface area contributed by atoms with Crippen LogP contribution < -0.4 is 10.1 Å². The summed E-state index contributed by atoms with van der Waals surface area (Å²) in [7, 11) is 1.57. The van der Waals surface area contributed by atoms with Crippen LogP contribution in [0.1, 0.15) is 12.5 Å². The van der Waals surface area contributed by atoms with Crippen molar-refractivity contribution < 1.29 is 14.3 Å². The molecule has 0 spiro atoms. The van der Waals surface area contributed by atoms with E-state index < -0.39 is 6.10 Å². The highest BCUT2D eigenvalue weighted by Crippen LogP contribution is 2.17. The van der Waals surface area contributed by atoms with E-state index in [1.54, 1.807) is 38.2 Å². The number of aryl methyl sites for hydroxylation is 1. The number of benzene rings is 2. The van der Waals surface area contributed by atoms with Gasteiger partial charge in [-0.05, 0) is 50.2 Å². The van der Waals surface area contributed by atoms with E-state index in [4.69, 9.17) is 16.3 Å². The molecule has 0 radical (unpaired) electrons. The molecule has 2 amide bonds. The van der Waals surface area contributed by atoms with Gasteiger partial charge < -0.3 is 15.0 Å². The number of rotatable bonds is 6. The van der Waals surface area contributed by atoms with Crippen molar-refractivity contribution in [3.05, 3.63) is 59.1 Å². The summed E-state index contributed by atoms with van der Waals surface area (Å²) in [5.74, 6) is -0.00448. The summed E-state index contributed by atoms with van der Waals surface area (Å²) in [5, 5.41) is 3.36. The molecule has 2 aromatic rings. The zero-order chi connectivity index (χ0) is 18.4. The van der Waals surface area contributed by atoms with E-state index in [1.165, 1.54) is 4.90 Å². The number of carbonyl (C=O) groups excluding carboxylic acids is 2. The molecule has 2 aromatic carbocycles. The molecule has 0 heterocycles. The number of amides is 2. The Kier molecular flexibility index (Phi) is 6.42. The van der Waals surface area contributed by atoms with E-state index in [0.717, 1.165) is 5.56 Å². The first kappa shape index (κ1) is 18.8. The Hall–Kier alpha value is -2.53. The van der Waals surface area contributed by atoms with Gasteiger partial charge in [0, 0.05) is 17.8 Å². The van der Waals surface area contributed by atoms with E-state index in [0.29, 0.717) is 16.5 Å². The third kappa shape index (κ3) is 5.80. The molecule has 0 aliphatic rings. The van der Waals surface area contributed by atoms with Gasteiger partial charge in [-0.15, -0.1) is 0 Å². The predicted octanol–water partition coefficient (Wildman–Crippen LogP) is 3.51. The van der Waals surface area contributed by atoms with Crippen LogP contribution in [0, 0.1) is 6.92 Å². The van der Waals surface area contributed by atoms with Crippen molar-refractivity contribution in [2.45, 2.75) is 20.0 Å². The van der Waals surface area contributed by atoms with Crippen molar-refractivity contribution >= 4 is 29.1 Å². The van der Waals surface area contributed by atoms with Gasteiger partial charge in [0.05, 0.1) is 6.54 Å². The van der Waals surface area contributed by atoms with E-state index in [-0.39, 0.29) is 18.4 Å². The maximum absolute atomic E-state index is 12.3. The maximum atomic E-state index is 12.3. The van der Waals surface area contributed by atoms with Crippen LogP contribution in [0.2, 0.25) is 5.02 Å². The first-order valence-corrected chi connectivity index (χ1v) is 8.26. The molecule has 1 atom stereocenters. The minimum absolute atomic E-state index is 0.0545. The normalized spacial score (nSPS) is 11.5. The second kappa shape index (κ2) is 8.53. The Bertz CT molecular complexity index is 729. The maximum Gasteiger partial charge on any atom is 0.263 e. The fourth-order valence-electron chi connectivity index (χ4n) is 2.21. The first-order chi connectivity index (χ1) is 11.8. The zero-order valence-electron chi connectivity index (χ0n) is 14.5. The number of halogens is 1. The van der Waals surface area contributed by atoms with Gasteiger partial charge in [0.1, 0.15) is 5.75 Å². The highest BCUT2D eigenvalue weighted by atomic mass is 35.5. The van der Waals surface area contributed by atoms with Gasteiger partial charge in [0.25, 0.3) is 5.91 Å². The number of anilines is 1. The lowest BCUT2D eigenvalue weighted by molar-refractivity contribution is -0.139. The number of nitrogens with one attached hydrogen (secondary N) is 1. The van der Waals surface area contributed by atoms with E-state index >= 15 is 0 Å². The average Bonchev–Trinajstić information content (AvgIpc) is 2.58. The largest absolute Gasteiger partial charge is 0.481 e. The number of likely N-dealkylation sites (N-methyl/N-ethyl adjacent to an activating group) is 1. The molecule has 0 saturated carbocycles. The van der Waals surface area contributed by atoms with Gasteiger partial charge in [0.2, 0.25) is 5.91 Å². The van der Waals surface area contributed by atoms with Gasteiger partial charge in [-0.25, -0.2) is 0 Å². The van der Waals surface area contributed by atoms with E-state index in [9.17, 15) is 9.59 Å². The zero-order valence-corrected chi connectivity index (χ0v) is 15.2. The summed E-state index contributed by atoms with van der Waals surface area (Å²) >= 11 is 5.82. The Morgan fingerprint density at radius 3 is 2.32 bits per heavy atom. The minimum Gasteiger partial charge on any atom is -0.481 e.